The number of allylic oxidation sites excluding steroid dienone is 4. The lowest BCUT2D eigenvalue weighted by Gasteiger charge is -2.11. The van der Waals surface area contributed by atoms with Crippen LogP contribution in [0.1, 0.15) is 45.9 Å². The summed E-state index contributed by atoms with van der Waals surface area (Å²) in [5, 5.41) is 0. The first-order valence-corrected chi connectivity index (χ1v) is 10.0. The fraction of sp³-hybridized carbons (Fsp3) is 0.222. The van der Waals surface area contributed by atoms with Gasteiger partial charge in [-0.05, 0) is 56.5 Å². The molecule has 144 valence electrons. The van der Waals surface area contributed by atoms with Crippen molar-refractivity contribution in [2.24, 2.45) is 0 Å². The molecule has 1 aromatic heterocycles. The largest absolute Gasteiger partial charge is 0.248 e. The van der Waals surface area contributed by atoms with E-state index >= 15 is 0 Å². The number of rotatable bonds is 4. The van der Waals surface area contributed by atoms with Crippen molar-refractivity contribution in [2.45, 2.75) is 41.5 Å². The van der Waals surface area contributed by atoms with Crippen molar-refractivity contribution in [3.05, 3.63) is 95.7 Å². The Morgan fingerprint density at radius 2 is 1.43 bits per heavy atom. The summed E-state index contributed by atoms with van der Waals surface area (Å²) in [5.41, 5.74) is 9.23. The zero-order chi connectivity index (χ0) is 20.5. The van der Waals surface area contributed by atoms with Gasteiger partial charge in [0.15, 0.2) is 0 Å². The summed E-state index contributed by atoms with van der Waals surface area (Å²) < 4.78 is 0. The van der Waals surface area contributed by atoms with Crippen LogP contribution in [0.15, 0.2) is 84.5 Å². The fourth-order valence-corrected chi connectivity index (χ4v) is 2.96. The van der Waals surface area contributed by atoms with Gasteiger partial charge in [-0.3, -0.25) is 0 Å². The molecule has 1 nitrogen and oxygen atoms in total. The highest BCUT2D eigenvalue weighted by molar-refractivity contribution is 5.79. The molecule has 0 aliphatic carbocycles. The topological polar surface area (TPSA) is 12.9 Å². The van der Waals surface area contributed by atoms with Crippen molar-refractivity contribution >= 4 is 5.57 Å². The molecule has 1 heteroatoms. The number of hydrogen-bond acceptors (Lipinski definition) is 1. The number of aryl methyl sites for hydroxylation is 1. The van der Waals surface area contributed by atoms with Crippen molar-refractivity contribution in [3.63, 3.8) is 0 Å². The molecular weight excluding hydrogens is 338 g/mol. The lowest BCUT2D eigenvalue weighted by atomic mass is 9.98. The molecule has 3 aromatic rings. The zero-order valence-corrected chi connectivity index (χ0v) is 18.0. The van der Waals surface area contributed by atoms with Gasteiger partial charge in [-0.15, -0.1) is 0 Å². The van der Waals surface area contributed by atoms with Crippen LogP contribution in [0.5, 0.6) is 0 Å². The molecule has 0 radical (unpaired) electrons. The smallest absolute Gasteiger partial charge is 0.0715 e. The van der Waals surface area contributed by atoms with Crippen LogP contribution in [0.3, 0.4) is 0 Å². The van der Waals surface area contributed by atoms with Gasteiger partial charge in [-0.2, -0.15) is 0 Å². The first-order valence-electron chi connectivity index (χ1n) is 10.0. The van der Waals surface area contributed by atoms with Gasteiger partial charge >= 0.3 is 0 Å². The summed E-state index contributed by atoms with van der Waals surface area (Å²) in [5.74, 6) is 0. The Bertz CT molecular complexity index is 941. The van der Waals surface area contributed by atoms with E-state index in [9.17, 15) is 0 Å². The predicted octanol–water partition coefficient (Wildman–Crippen LogP) is 8.12. The maximum Gasteiger partial charge on any atom is 0.0715 e. The van der Waals surface area contributed by atoms with Crippen LogP contribution < -0.4 is 0 Å². The summed E-state index contributed by atoms with van der Waals surface area (Å²) in [6, 6.07) is 23.4. The molecule has 0 fully saturated rings. The fourth-order valence-electron chi connectivity index (χ4n) is 2.96. The van der Waals surface area contributed by atoms with E-state index in [4.69, 9.17) is 4.98 Å². The Labute approximate surface area is 170 Å². The molecule has 28 heavy (non-hydrogen) atoms. The lowest BCUT2D eigenvalue weighted by molar-refractivity contribution is 1.27. The first kappa shape index (κ1) is 21.4. The third-order valence-corrected chi connectivity index (χ3v) is 4.33. The summed E-state index contributed by atoms with van der Waals surface area (Å²) in [7, 11) is 0. The molecule has 0 aliphatic rings. The highest BCUT2D eigenvalue weighted by atomic mass is 14.7. The molecule has 0 spiro atoms. The van der Waals surface area contributed by atoms with Gasteiger partial charge in [0.2, 0.25) is 0 Å². The van der Waals surface area contributed by atoms with Crippen LogP contribution in [0.4, 0.5) is 0 Å². The predicted molar refractivity (Wildman–Crippen MR) is 124 cm³/mol. The Hall–Kier alpha value is -2.93. The van der Waals surface area contributed by atoms with Crippen LogP contribution in [-0.4, -0.2) is 4.98 Å². The highest BCUT2D eigenvalue weighted by Gasteiger charge is 2.09. The normalized spacial score (nSPS) is 10.7. The molecule has 2 aromatic carbocycles. The Morgan fingerprint density at radius 3 is 2.00 bits per heavy atom. The van der Waals surface area contributed by atoms with Crippen molar-refractivity contribution in [1.82, 2.24) is 4.98 Å². The third kappa shape index (κ3) is 5.53. The van der Waals surface area contributed by atoms with Crippen LogP contribution >= 0.6 is 0 Å². The van der Waals surface area contributed by atoms with E-state index in [2.05, 4.69) is 101 Å². The van der Waals surface area contributed by atoms with Crippen LogP contribution in [-0.2, 0) is 0 Å². The number of nitrogens with zero attached hydrogens (tertiary/aromatic N) is 1. The van der Waals surface area contributed by atoms with E-state index in [1.165, 1.54) is 22.3 Å². The molecule has 3 rings (SSSR count). The summed E-state index contributed by atoms with van der Waals surface area (Å²) >= 11 is 0. The minimum atomic E-state index is 1.00. The molecule has 0 atom stereocenters. The van der Waals surface area contributed by atoms with Crippen molar-refractivity contribution in [2.75, 3.05) is 0 Å². The van der Waals surface area contributed by atoms with Gasteiger partial charge in [0.25, 0.3) is 0 Å². The summed E-state index contributed by atoms with van der Waals surface area (Å²) in [6.07, 6.45) is 4.32. The highest BCUT2D eigenvalue weighted by Crippen LogP contribution is 2.29. The quantitative estimate of drug-likeness (QED) is 0.423. The van der Waals surface area contributed by atoms with Crippen LogP contribution in [0.25, 0.3) is 28.0 Å². The Kier molecular flexibility index (Phi) is 7.95. The second kappa shape index (κ2) is 10.4. The van der Waals surface area contributed by atoms with E-state index in [0.29, 0.717) is 0 Å². The molecule has 0 N–H and O–H groups in total. The van der Waals surface area contributed by atoms with Crippen LogP contribution in [0, 0.1) is 6.92 Å². The molecule has 0 amide bonds. The maximum atomic E-state index is 4.96. The minimum absolute atomic E-state index is 1.00. The summed E-state index contributed by atoms with van der Waals surface area (Å²) in [4.78, 5) is 4.96. The van der Waals surface area contributed by atoms with Crippen molar-refractivity contribution < 1.29 is 0 Å². The van der Waals surface area contributed by atoms with Gasteiger partial charge in [0.1, 0.15) is 0 Å². The molecule has 1 heterocycles. The first-order chi connectivity index (χ1) is 13.6. The zero-order valence-electron chi connectivity index (χ0n) is 18.0. The van der Waals surface area contributed by atoms with Gasteiger partial charge in [-0.25, -0.2) is 4.98 Å². The second-order valence-electron chi connectivity index (χ2n) is 6.82. The minimum Gasteiger partial charge on any atom is -0.248 e. The number of hydrogen-bond donors (Lipinski definition) is 0. The molecule has 0 aliphatic heterocycles. The molecule has 0 bridgehead atoms. The van der Waals surface area contributed by atoms with Crippen molar-refractivity contribution in [3.8, 4) is 22.4 Å². The lowest BCUT2D eigenvalue weighted by Crippen LogP contribution is -1.94. The molecule has 0 saturated carbocycles. The van der Waals surface area contributed by atoms with E-state index in [0.717, 1.165) is 22.5 Å². The van der Waals surface area contributed by atoms with Crippen molar-refractivity contribution in [1.29, 1.82) is 0 Å². The Morgan fingerprint density at radius 1 is 0.786 bits per heavy atom. The SMILES string of the molecule is C/C=C(\C=C(C)C)c1cc(-c2ccc(C)cc2)cc(-c2ccccc2)n1.CC. The average Bonchev–Trinajstić information content (AvgIpc) is 2.74. The standard InChI is InChI=1S/C25H25N.C2H6/c1-5-20(15-18(2)3)24-16-23(21-13-11-19(4)12-14-21)17-25(26-24)22-9-7-6-8-10-22;1-2/h5-17H,1-4H3;1-2H3/b20-5+;. The summed E-state index contributed by atoms with van der Waals surface area (Å²) in [6.45, 7) is 12.4. The van der Waals surface area contributed by atoms with Gasteiger partial charge in [0, 0.05) is 5.56 Å². The van der Waals surface area contributed by atoms with E-state index < -0.39 is 0 Å². The van der Waals surface area contributed by atoms with Gasteiger partial charge < -0.3 is 0 Å². The number of pyridine rings is 1. The third-order valence-electron chi connectivity index (χ3n) is 4.33. The van der Waals surface area contributed by atoms with E-state index in [1.807, 2.05) is 19.9 Å². The second-order valence-corrected chi connectivity index (χ2v) is 6.82. The number of aromatic nitrogens is 1. The van der Waals surface area contributed by atoms with E-state index in [1.54, 1.807) is 0 Å². The van der Waals surface area contributed by atoms with Gasteiger partial charge in [0.05, 0.1) is 11.4 Å². The Balaban J connectivity index is 0.00000136. The number of benzene rings is 2. The molecule has 0 unspecified atom stereocenters. The average molecular weight is 370 g/mol. The van der Waals surface area contributed by atoms with Crippen LogP contribution in [0.2, 0.25) is 0 Å². The molecular formula is C27H31N. The maximum absolute atomic E-state index is 4.96. The molecule has 0 saturated heterocycles. The monoisotopic (exact) mass is 369 g/mol. The van der Waals surface area contributed by atoms with Gasteiger partial charge in [-0.1, -0.05) is 91.7 Å². The van der Waals surface area contributed by atoms with E-state index in [-0.39, 0.29) is 0 Å².